The average molecular weight is 324 g/mol. The van der Waals surface area contributed by atoms with Gasteiger partial charge in [0.1, 0.15) is 22.4 Å². The van der Waals surface area contributed by atoms with Crippen molar-refractivity contribution in [1.82, 2.24) is 4.98 Å². The number of oxime groups is 1. The van der Waals surface area contributed by atoms with Crippen molar-refractivity contribution in [1.29, 1.82) is 0 Å². The van der Waals surface area contributed by atoms with Gasteiger partial charge in [0.05, 0.1) is 5.69 Å². The minimum absolute atomic E-state index is 0.195. The number of benzene rings is 1. The number of carbonyl (C=O) groups excluding carboxylic acids is 1. The van der Waals surface area contributed by atoms with E-state index in [9.17, 15) is 10.0 Å². The molecule has 0 bridgehead atoms. The van der Waals surface area contributed by atoms with Crippen LogP contribution in [0.15, 0.2) is 47.6 Å². The number of amides is 1. The number of rotatable bonds is 4. The van der Waals surface area contributed by atoms with Crippen molar-refractivity contribution in [3.8, 4) is 0 Å². The Morgan fingerprint density at radius 3 is 2.57 bits per heavy atom. The lowest BCUT2D eigenvalue weighted by molar-refractivity contribution is -0.113. The molecule has 1 heterocycles. The maximum absolute atomic E-state index is 11.5. The zero-order valence-corrected chi connectivity index (χ0v) is 12.3. The Balaban J connectivity index is 2.50. The third-order valence-electron chi connectivity index (χ3n) is 2.63. The van der Waals surface area contributed by atoms with Gasteiger partial charge in [-0.25, -0.2) is 4.98 Å². The standard InChI is InChI=1S/C14H11Cl2N3O2/c15-8-12(20)17-10-6-7-11(16)18-14(10)13(19-21)9-4-2-1-3-5-9/h1-7,21H,8H2,(H,17,20)/b19-13+. The number of nitrogens with one attached hydrogen (secondary N) is 1. The summed E-state index contributed by atoms with van der Waals surface area (Å²) in [7, 11) is 0. The molecule has 21 heavy (non-hydrogen) atoms. The highest BCUT2D eigenvalue weighted by Gasteiger charge is 2.16. The van der Waals surface area contributed by atoms with E-state index >= 15 is 0 Å². The summed E-state index contributed by atoms with van der Waals surface area (Å²) < 4.78 is 0. The SMILES string of the molecule is O=C(CCl)Nc1ccc(Cl)nc1/C(=N/O)c1ccccc1. The summed E-state index contributed by atoms with van der Waals surface area (Å²) in [5.41, 5.74) is 1.45. The molecule has 0 fully saturated rings. The quantitative estimate of drug-likeness (QED) is 0.298. The van der Waals surface area contributed by atoms with Crippen LogP contribution in [-0.4, -0.2) is 27.7 Å². The normalized spacial score (nSPS) is 11.2. The van der Waals surface area contributed by atoms with E-state index in [1.54, 1.807) is 30.3 Å². The van der Waals surface area contributed by atoms with Gasteiger partial charge in [-0.1, -0.05) is 47.1 Å². The second-order valence-electron chi connectivity index (χ2n) is 4.03. The van der Waals surface area contributed by atoms with E-state index in [0.29, 0.717) is 11.3 Å². The Hall–Kier alpha value is -2.11. The maximum Gasteiger partial charge on any atom is 0.239 e. The Labute approximate surface area is 131 Å². The van der Waals surface area contributed by atoms with Gasteiger partial charge in [-0.3, -0.25) is 4.79 Å². The highest BCUT2D eigenvalue weighted by atomic mass is 35.5. The smallest absolute Gasteiger partial charge is 0.239 e. The highest BCUT2D eigenvalue weighted by molar-refractivity contribution is 6.31. The zero-order valence-electron chi connectivity index (χ0n) is 10.8. The predicted molar refractivity (Wildman–Crippen MR) is 82.5 cm³/mol. The van der Waals surface area contributed by atoms with Gasteiger partial charge in [0.15, 0.2) is 0 Å². The molecule has 0 spiro atoms. The van der Waals surface area contributed by atoms with E-state index < -0.39 is 5.91 Å². The molecule has 1 aromatic carbocycles. The second kappa shape index (κ2) is 7.06. The summed E-state index contributed by atoms with van der Waals surface area (Å²) in [6.45, 7) is 0. The van der Waals surface area contributed by atoms with Crippen LogP contribution in [0.3, 0.4) is 0 Å². The predicted octanol–water partition coefficient (Wildman–Crippen LogP) is 3.14. The Kier molecular flexibility index (Phi) is 5.14. The summed E-state index contributed by atoms with van der Waals surface area (Å²) in [5, 5.41) is 15.4. The second-order valence-corrected chi connectivity index (χ2v) is 4.68. The van der Waals surface area contributed by atoms with Crippen molar-refractivity contribution < 1.29 is 10.0 Å². The lowest BCUT2D eigenvalue weighted by Crippen LogP contribution is -2.17. The molecule has 7 heteroatoms. The molecule has 2 aromatic rings. The van der Waals surface area contributed by atoms with E-state index in [1.165, 1.54) is 6.07 Å². The first kappa shape index (κ1) is 15.3. The molecular weight excluding hydrogens is 313 g/mol. The lowest BCUT2D eigenvalue weighted by Gasteiger charge is -2.11. The van der Waals surface area contributed by atoms with Crippen molar-refractivity contribution in [3.05, 3.63) is 58.9 Å². The molecule has 0 saturated heterocycles. The fourth-order valence-electron chi connectivity index (χ4n) is 1.74. The van der Waals surface area contributed by atoms with E-state index in [-0.39, 0.29) is 22.4 Å². The monoisotopic (exact) mass is 323 g/mol. The molecule has 108 valence electrons. The van der Waals surface area contributed by atoms with Crippen LogP contribution >= 0.6 is 23.2 Å². The van der Waals surface area contributed by atoms with Crippen LogP contribution in [0.25, 0.3) is 0 Å². The zero-order chi connectivity index (χ0) is 15.2. The molecule has 5 nitrogen and oxygen atoms in total. The maximum atomic E-state index is 11.5. The number of hydrogen-bond donors (Lipinski definition) is 2. The summed E-state index contributed by atoms with van der Waals surface area (Å²) >= 11 is 11.4. The number of pyridine rings is 1. The van der Waals surface area contributed by atoms with E-state index in [4.69, 9.17) is 23.2 Å². The topological polar surface area (TPSA) is 74.6 Å². The van der Waals surface area contributed by atoms with Gasteiger partial charge < -0.3 is 10.5 Å². The average Bonchev–Trinajstić information content (AvgIpc) is 2.51. The van der Waals surface area contributed by atoms with Crippen LogP contribution in [-0.2, 0) is 4.79 Å². The number of nitrogens with zero attached hydrogens (tertiary/aromatic N) is 2. The van der Waals surface area contributed by atoms with Gasteiger partial charge in [0, 0.05) is 5.56 Å². The molecule has 0 atom stereocenters. The van der Waals surface area contributed by atoms with Crippen molar-refractivity contribution in [2.75, 3.05) is 11.2 Å². The number of alkyl halides is 1. The third kappa shape index (κ3) is 3.71. The van der Waals surface area contributed by atoms with E-state index in [1.807, 2.05) is 6.07 Å². The van der Waals surface area contributed by atoms with Gasteiger partial charge in [-0.05, 0) is 12.1 Å². The van der Waals surface area contributed by atoms with Crippen LogP contribution in [0.1, 0.15) is 11.3 Å². The first-order chi connectivity index (χ1) is 10.2. The highest BCUT2D eigenvalue weighted by Crippen LogP contribution is 2.21. The van der Waals surface area contributed by atoms with Gasteiger partial charge in [-0.15, -0.1) is 11.6 Å². The van der Waals surface area contributed by atoms with Gasteiger partial charge in [-0.2, -0.15) is 0 Å². The van der Waals surface area contributed by atoms with Crippen LogP contribution in [0, 0.1) is 0 Å². The summed E-state index contributed by atoms with van der Waals surface area (Å²) in [4.78, 5) is 15.6. The van der Waals surface area contributed by atoms with Gasteiger partial charge in [0.2, 0.25) is 5.91 Å². The van der Waals surface area contributed by atoms with Crippen molar-refractivity contribution in [3.63, 3.8) is 0 Å². The van der Waals surface area contributed by atoms with Crippen molar-refractivity contribution in [2.45, 2.75) is 0 Å². The number of carbonyl (C=O) groups is 1. The minimum atomic E-state index is -0.396. The van der Waals surface area contributed by atoms with E-state index in [0.717, 1.165) is 0 Å². The van der Waals surface area contributed by atoms with Crippen LogP contribution < -0.4 is 5.32 Å². The van der Waals surface area contributed by atoms with E-state index in [2.05, 4.69) is 15.5 Å². The van der Waals surface area contributed by atoms with Crippen molar-refractivity contribution >= 4 is 40.5 Å². The lowest BCUT2D eigenvalue weighted by atomic mass is 10.1. The molecule has 0 radical (unpaired) electrons. The van der Waals surface area contributed by atoms with Gasteiger partial charge >= 0.3 is 0 Å². The largest absolute Gasteiger partial charge is 0.410 e. The van der Waals surface area contributed by atoms with Crippen LogP contribution in [0.4, 0.5) is 5.69 Å². The first-order valence-electron chi connectivity index (χ1n) is 5.96. The first-order valence-corrected chi connectivity index (χ1v) is 6.87. The van der Waals surface area contributed by atoms with Gasteiger partial charge in [0.25, 0.3) is 0 Å². The number of anilines is 1. The van der Waals surface area contributed by atoms with Crippen LogP contribution in [0.2, 0.25) is 5.15 Å². The molecule has 0 aliphatic rings. The van der Waals surface area contributed by atoms with Crippen molar-refractivity contribution in [2.24, 2.45) is 5.16 Å². The molecule has 0 unspecified atom stereocenters. The fraction of sp³-hybridized carbons (Fsp3) is 0.0714. The fourth-order valence-corrected chi connectivity index (χ4v) is 1.95. The number of aromatic nitrogens is 1. The molecular formula is C14H11Cl2N3O2. The summed E-state index contributed by atoms with van der Waals surface area (Å²) in [5.74, 6) is -0.591. The Bertz CT molecular complexity index is 675. The molecule has 0 aliphatic carbocycles. The molecule has 1 amide bonds. The molecule has 0 aliphatic heterocycles. The van der Waals surface area contributed by atoms with Crippen LogP contribution in [0.5, 0.6) is 0 Å². The number of hydrogen-bond acceptors (Lipinski definition) is 4. The molecule has 1 aromatic heterocycles. The summed E-state index contributed by atoms with van der Waals surface area (Å²) in [6.07, 6.45) is 0. The molecule has 2 N–H and O–H groups in total. The molecule has 2 rings (SSSR count). The third-order valence-corrected chi connectivity index (χ3v) is 3.08. The summed E-state index contributed by atoms with van der Waals surface area (Å²) in [6, 6.07) is 12.0. The number of halogens is 2. The Morgan fingerprint density at radius 1 is 1.24 bits per heavy atom. The molecule has 0 saturated carbocycles. The minimum Gasteiger partial charge on any atom is -0.410 e. The Morgan fingerprint density at radius 2 is 1.95 bits per heavy atom.